The molecule has 3 aromatic carbocycles. The number of hydrogen-bond donors (Lipinski definition) is 1. The van der Waals surface area contributed by atoms with E-state index < -0.39 is 19.7 Å². The molecule has 1 atom stereocenters. The molecule has 4 rings (SSSR count). The fraction of sp³-hybridized carbons (Fsp3) is 0.222. The van der Waals surface area contributed by atoms with Crippen LogP contribution in [0.2, 0.25) is 0 Å². The van der Waals surface area contributed by atoms with Crippen molar-refractivity contribution in [2.24, 2.45) is 5.92 Å². The summed E-state index contributed by atoms with van der Waals surface area (Å²) in [5, 5.41) is 0.417. The molecule has 0 aliphatic carbocycles. The van der Waals surface area contributed by atoms with E-state index in [2.05, 4.69) is 6.58 Å². The quantitative estimate of drug-likeness (QED) is 0.325. The maximum atomic E-state index is 13.5. The van der Waals surface area contributed by atoms with E-state index in [9.17, 15) is 14.1 Å². The smallest absolute Gasteiger partial charge is 0.362 e. The SMILES string of the molecule is C=C(C(Cc1ccc(F)cc1)C(=O)OCC)[P+]1(O)N(c2ccccc2)CCN1c1ccccc1. The molecule has 0 aromatic heterocycles. The van der Waals surface area contributed by atoms with Crippen LogP contribution >= 0.6 is 7.79 Å². The van der Waals surface area contributed by atoms with Crippen molar-refractivity contribution in [1.82, 2.24) is 0 Å². The van der Waals surface area contributed by atoms with Crippen LogP contribution in [0.3, 0.4) is 0 Å². The number of carbonyl (C=O) groups excluding carboxylic acids is 1. The number of hydrogen-bond acceptors (Lipinski definition) is 5. The Hall–Kier alpha value is -3.21. The van der Waals surface area contributed by atoms with E-state index in [1.807, 2.05) is 70.0 Å². The van der Waals surface area contributed by atoms with Gasteiger partial charge in [0.05, 0.1) is 31.1 Å². The van der Waals surface area contributed by atoms with Gasteiger partial charge in [-0.3, -0.25) is 4.79 Å². The van der Waals surface area contributed by atoms with E-state index >= 15 is 0 Å². The van der Waals surface area contributed by atoms with Gasteiger partial charge in [0.2, 0.25) is 0 Å². The van der Waals surface area contributed by atoms with Gasteiger partial charge in [-0.1, -0.05) is 55.1 Å². The lowest BCUT2D eigenvalue weighted by Crippen LogP contribution is -2.32. The van der Waals surface area contributed by atoms with Crippen molar-refractivity contribution in [1.29, 1.82) is 0 Å². The average Bonchev–Trinajstić information content (AvgIpc) is 3.22. The molecule has 5 nitrogen and oxygen atoms in total. The van der Waals surface area contributed by atoms with Crippen molar-refractivity contribution in [3.8, 4) is 0 Å². The lowest BCUT2D eigenvalue weighted by atomic mass is 9.99. The van der Waals surface area contributed by atoms with Gasteiger partial charge in [-0.2, -0.15) is 14.2 Å². The number of halogens is 1. The molecule has 0 bridgehead atoms. The Morgan fingerprint density at radius 1 is 0.971 bits per heavy atom. The second-order valence-corrected chi connectivity index (χ2v) is 10.8. The summed E-state index contributed by atoms with van der Waals surface area (Å²) in [6, 6.07) is 25.4. The fourth-order valence-electron chi connectivity index (χ4n) is 4.33. The molecule has 34 heavy (non-hydrogen) atoms. The number of para-hydroxylation sites is 2. The van der Waals surface area contributed by atoms with E-state index in [-0.39, 0.29) is 18.8 Å². The average molecular weight is 480 g/mol. The molecule has 0 radical (unpaired) electrons. The molecule has 176 valence electrons. The third-order valence-corrected chi connectivity index (χ3v) is 9.31. The van der Waals surface area contributed by atoms with Crippen LogP contribution in [0.5, 0.6) is 0 Å². The van der Waals surface area contributed by atoms with Gasteiger partial charge in [0.25, 0.3) is 0 Å². The molecule has 7 heteroatoms. The molecule has 0 spiro atoms. The lowest BCUT2D eigenvalue weighted by Gasteiger charge is -2.34. The van der Waals surface area contributed by atoms with Crippen LogP contribution in [0.4, 0.5) is 15.8 Å². The first-order valence-electron chi connectivity index (χ1n) is 11.3. The van der Waals surface area contributed by atoms with Crippen LogP contribution in [0.25, 0.3) is 0 Å². The third kappa shape index (κ3) is 4.70. The predicted molar refractivity (Wildman–Crippen MR) is 136 cm³/mol. The Kier molecular flexibility index (Phi) is 7.30. The van der Waals surface area contributed by atoms with E-state index in [0.29, 0.717) is 18.4 Å². The summed E-state index contributed by atoms with van der Waals surface area (Å²) < 4.78 is 22.8. The Bertz CT molecular complexity index is 1080. The second-order valence-electron chi connectivity index (χ2n) is 8.11. The number of esters is 1. The molecule has 1 N–H and O–H groups in total. The van der Waals surface area contributed by atoms with Gasteiger partial charge in [0.1, 0.15) is 11.7 Å². The van der Waals surface area contributed by atoms with Gasteiger partial charge in [-0.15, -0.1) is 0 Å². The first-order chi connectivity index (χ1) is 16.4. The molecule has 1 unspecified atom stereocenters. The van der Waals surface area contributed by atoms with Gasteiger partial charge >= 0.3 is 13.8 Å². The van der Waals surface area contributed by atoms with Crippen LogP contribution in [-0.2, 0) is 16.0 Å². The minimum absolute atomic E-state index is 0.216. The normalized spacial score (nSPS) is 15.7. The number of anilines is 2. The van der Waals surface area contributed by atoms with Gasteiger partial charge < -0.3 is 4.74 Å². The Morgan fingerprint density at radius 3 is 1.94 bits per heavy atom. The molecule has 1 aliphatic heterocycles. The lowest BCUT2D eigenvalue weighted by molar-refractivity contribution is -0.146. The third-order valence-electron chi connectivity index (χ3n) is 6.02. The van der Waals surface area contributed by atoms with Gasteiger partial charge in [-0.05, 0) is 55.3 Å². The monoisotopic (exact) mass is 479 g/mol. The van der Waals surface area contributed by atoms with Crippen molar-refractivity contribution in [3.63, 3.8) is 0 Å². The summed E-state index contributed by atoms with van der Waals surface area (Å²) in [5.41, 5.74) is 2.49. The number of nitrogens with zero attached hydrogens (tertiary/aromatic N) is 2. The summed E-state index contributed by atoms with van der Waals surface area (Å²) >= 11 is 0. The first kappa shape index (κ1) is 23.9. The van der Waals surface area contributed by atoms with Crippen molar-refractivity contribution in [2.45, 2.75) is 13.3 Å². The van der Waals surface area contributed by atoms with E-state index in [1.165, 1.54) is 12.1 Å². The van der Waals surface area contributed by atoms with Crippen LogP contribution in [-0.4, -0.2) is 30.6 Å². The Labute approximate surface area is 200 Å². The van der Waals surface area contributed by atoms with Crippen LogP contribution in [0.15, 0.2) is 96.8 Å². The largest absolute Gasteiger partial charge is 0.465 e. The maximum absolute atomic E-state index is 13.5. The summed E-state index contributed by atoms with van der Waals surface area (Å²) in [4.78, 5) is 25.6. The fourth-order valence-corrected chi connectivity index (χ4v) is 7.48. The van der Waals surface area contributed by atoms with E-state index in [0.717, 1.165) is 16.9 Å². The number of rotatable bonds is 8. The summed E-state index contributed by atoms with van der Waals surface area (Å²) in [6.07, 6.45) is 0.255. The molecule has 0 amide bonds. The highest BCUT2D eigenvalue weighted by Crippen LogP contribution is 2.73. The Morgan fingerprint density at radius 2 is 1.47 bits per heavy atom. The molecule has 1 saturated heterocycles. The topological polar surface area (TPSA) is 53.0 Å². The van der Waals surface area contributed by atoms with E-state index in [4.69, 9.17) is 4.74 Å². The van der Waals surface area contributed by atoms with Crippen molar-refractivity contribution < 1.29 is 18.8 Å². The number of carbonyl (C=O) groups is 1. The second kappa shape index (κ2) is 10.4. The highest BCUT2D eigenvalue weighted by molar-refractivity contribution is 7.77. The minimum atomic E-state index is -3.26. The number of ether oxygens (including phenoxy) is 1. The molecule has 1 heterocycles. The van der Waals surface area contributed by atoms with Crippen molar-refractivity contribution in [3.05, 3.63) is 108 Å². The van der Waals surface area contributed by atoms with E-state index in [1.54, 1.807) is 19.1 Å². The number of benzene rings is 3. The van der Waals surface area contributed by atoms with Crippen molar-refractivity contribution in [2.75, 3.05) is 29.0 Å². The summed E-state index contributed by atoms with van der Waals surface area (Å²) in [7, 11) is -3.26. The Balaban J connectivity index is 1.78. The van der Waals surface area contributed by atoms with Crippen molar-refractivity contribution >= 4 is 25.1 Å². The zero-order valence-corrected chi connectivity index (χ0v) is 20.1. The molecule has 1 fully saturated rings. The minimum Gasteiger partial charge on any atom is -0.465 e. The first-order valence-corrected chi connectivity index (χ1v) is 13.0. The van der Waals surface area contributed by atoms with Crippen LogP contribution in [0, 0.1) is 11.7 Å². The van der Waals surface area contributed by atoms with Gasteiger partial charge in [0.15, 0.2) is 5.31 Å². The molecule has 1 aliphatic rings. The van der Waals surface area contributed by atoms with Crippen LogP contribution < -0.4 is 9.34 Å². The highest BCUT2D eigenvalue weighted by atomic mass is 31.2. The van der Waals surface area contributed by atoms with Gasteiger partial charge in [-0.25, -0.2) is 4.39 Å². The summed E-state index contributed by atoms with van der Waals surface area (Å²) in [5.74, 6) is -1.58. The summed E-state index contributed by atoms with van der Waals surface area (Å²) in [6.45, 7) is 7.44. The molecular weight excluding hydrogens is 450 g/mol. The zero-order chi connectivity index (χ0) is 24.1. The maximum Gasteiger partial charge on any atom is 0.362 e. The standard InChI is InChI=1S/C27H29FN2O3P/c1-3-33-27(31)26(20-22-14-16-23(28)17-15-22)21(2)34(32)29(24-10-6-4-7-11-24)18-19-30(34)25-12-8-5-9-13-25/h4-17,26,32H,2-3,18-20H2,1H3/q+1. The van der Waals surface area contributed by atoms with Crippen LogP contribution in [0.1, 0.15) is 12.5 Å². The molecular formula is C27H29FN2O3P+. The molecule has 3 aromatic rings. The highest BCUT2D eigenvalue weighted by Gasteiger charge is 2.61. The van der Waals surface area contributed by atoms with Gasteiger partial charge in [0, 0.05) is 0 Å². The predicted octanol–water partition coefficient (Wildman–Crippen LogP) is 5.84. The molecule has 0 saturated carbocycles. The zero-order valence-electron chi connectivity index (χ0n) is 19.2.